The minimum atomic E-state index is -0.462. The SMILES string of the molecule is C[C@H](O)c1ccc(N(C)CCc2ccccc2)nc1. The summed E-state index contributed by atoms with van der Waals surface area (Å²) in [4.78, 5) is 6.50. The van der Waals surface area contributed by atoms with Crippen molar-refractivity contribution in [2.45, 2.75) is 19.4 Å². The Hall–Kier alpha value is -1.87. The summed E-state index contributed by atoms with van der Waals surface area (Å²) < 4.78 is 0. The molecule has 0 fully saturated rings. The number of aliphatic hydroxyl groups is 1. The molecule has 0 radical (unpaired) electrons. The van der Waals surface area contributed by atoms with E-state index < -0.39 is 6.10 Å². The van der Waals surface area contributed by atoms with E-state index in [2.05, 4.69) is 34.1 Å². The van der Waals surface area contributed by atoms with Crippen LogP contribution in [0.2, 0.25) is 0 Å². The van der Waals surface area contributed by atoms with E-state index in [1.165, 1.54) is 5.56 Å². The lowest BCUT2D eigenvalue weighted by molar-refractivity contribution is 0.199. The summed E-state index contributed by atoms with van der Waals surface area (Å²) >= 11 is 0. The van der Waals surface area contributed by atoms with Gasteiger partial charge in [-0.3, -0.25) is 0 Å². The Morgan fingerprint density at radius 2 is 1.89 bits per heavy atom. The summed E-state index contributed by atoms with van der Waals surface area (Å²) in [5, 5.41) is 9.45. The van der Waals surface area contributed by atoms with E-state index >= 15 is 0 Å². The van der Waals surface area contributed by atoms with Crippen LogP contribution in [0.15, 0.2) is 48.7 Å². The van der Waals surface area contributed by atoms with Gasteiger partial charge in [-0.2, -0.15) is 0 Å². The molecule has 2 rings (SSSR count). The second-order valence-corrected chi connectivity index (χ2v) is 4.78. The molecule has 1 heterocycles. The normalized spacial score (nSPS) is 12.2. The Morgan fingerprint density at radius 1 is 1.16 bits per heavy atom. The Labute approximate surface area is 114 Å². The molecule has 100 valence electrons. The quantitative estimate of drug-likeness (QED) is 0.893. The first-order chi connectivity index (χ1) is 9.16. The van der Waals surface area contributed by atoms with Gasteiger partial charge in [-0.05, 0) is 30.5 Å². The molecule has 1 N–H and O–H groups in total. The molecule has 3 nitrogen and oxygen atoms in total. The van der Waals surface area contributed by atoms with Crippen LogP contribution in [0.3, 0.4) is 0 Å². The van der Waals surface area contributed by atoms with Gasteiger partial charge < -0.3 is 10.0 Å². The number of hydrogen-bond acceptors (Lipinski definition) is 3. The van der Waals surface area contributed by atoms with Gasteiger partial charge in [0.05, 0.1) is 6.10 Å². The van der Waals surface area contributed by atoms with Gasteiger partial charge in [0, 0.05) is 19.8 Å². The first-order valence-corrected chi connectivity index (χ1v) is 6.56. The minimum absolute atomic E-state index is 0.462. The summed E-state index contributed by atoms with van der Waals surface area (Å²) in [6, 6.07) is 14.3. The predicted molar refractivity (Wildman–Crippen MR) is 78.3 cm³/mol. The number of hydrogen-bond donors (Lipinski definition) is 1. The Kier molecular flexibility index (Phi) is 4.53. The standard InChI is InChI=1S/C16H20N2O/c1-13(19)15-8-9-16(17-12-15)18(2)11-10-14-6-4-3-5-7-14/h3-9,12-13,19H,10-11H2,1-2H3/t13-/m0/s1. The number of anilines is 1. The smallest absolute Gasteiger partial charge is 0.128 e. The zero-order valence-corrected chi connectivity index (χ0v) is 11.5. The van der Waals surface area contributed by atoms with E-state index in [0.717, 1.165) is 24.3 Å². The molecule has 0 saturated heterocycles. The van der Waals surface area contributed by atoms with Crippen molar-refractivity contribution in [3.8, 4) is 0 Å². The zero-order chi connectivity index (χ0) is 13.7. The largest absolute Gasteiger partial charge is 0.389 e. The van der Waals surface area contributed by atoms with Gasteiger partial charge in [-0.1, -0.05) is 36.4 Å². The highest BCUT2D eigenvalue weighted by atomic mass is 16.3. The lowest BCUT2D eigenvalue weighted by atomic mass is 10.1. The van der Waals surface area contributed by atoms with Crippen LogP contribution in [-0.2, 0) is 6.42 Å². The Bertz CT molecular complexity index is 494. The van der Waals surface area contributed by atoms with Crippen molar-refractivity contribution in [3.05, 3.63) is 59.8 Å². The van der Waals surface area contributed by atoms with Crippen molar-refractivity contribution in [2.24, 2.45) is 0 Å². The molecular formula is C16H20N2O. The molecule has 0 aliphatic rings. The summed E-state index contributed by atoms with van der Waals surface area (Å²) in [7, 11) is 2.04. The highest BCUT2D eigenvalue weighted by Gasteiger charge is 2.05. The van der Waals surface area contributed by atoms with Gasteiger partial charge >= 0.3 is 0 Å². The molecule has 0 aliphatic heterocycles. The van der Waals surface area contributed by atoms with E-state index in [-0.39, 0.29) is 0 Å². The van der Waals surface area contributed by atoms with E-state index in [1.807, 2.05) is 25.2 Å². The maximum Gasteiger partial charge on any atom is 0.128 e. The molecular weight excluding hydrogens is 236 g/mol. The van der Waals surface area contributed by atoms with Crippen molar-refractivity contribution >= 4 is 5.82 Å². The summed E-state index contributed by atoms with van der Waals surface area (Å²) in [6.45, 7) is 2.67. The third-order valence-electron chi connectivity index (χ3n) is 3.22. The van der Waals surface area contributed by atoms with Crippen LogP contribution in [0.5, 0.6) is 0 Å². The molecule has 19 heavy (non-hydrogen) atoms. The first kappa shape index (κ1) is 13.6. The Morgan fingerprint density at radius 3 is 2.47 bits per heavy atom. The highest BCUT2D eigenvalue weighted by molar-refractivity contribution is 5.38. The van der Waals surface area contributed by atoms with Crippen LogP contribution >= 0.6 is 0 Å². The van der Waals surface area contributed by atoms with Crippen molar-refractivity contribution in [2.75, 3.05) is 18.5 Å². The number of pyridine rings is 1. The van der Waals surface area contributed by atoms with Gasteiger partial charge in [-0.25, -0.2) is 4.98 Å². The van der Waals surface area contributed by atoms with E-state index in [0.29, 0.717) is 0 Å². The lowest BCUT2D eigenvalue weighted by Crippen LogP contribution is -2.21. The molecule has 0 amide bonds. The van der Waals surface area contributed by atoms with Gasteiger partial charge in [-0.15, -0.1) is 0 Å². The fourth-order valence-electron chi connectivity index (χ4n) is 1.93. The van der Waals surface area contributed by atoms with Crippen LogP contribution in [-0.4, -0.2) is 23.7 Å². The van der Waals surface area contributed by atoms with Gasteiger partial charge in [0.1, 0.15) is 5.82 Å². The van der Waals surface area contributed by atoms with E-state index in [4.69, 9.17) is 0 Å². The second-order valence-electron chi connectivity index (χ2n) is 4.78. The first-order valence-electron chi connectivity index (χ1n) is 6.56. The van der Waals surface area contributed by atoms with Crippen LogP contribution in [0.25, 0.3) is 0 Å². The topological polar surface area (TPSA) is 36.4 Å². The van der Waals surface area contributed by atoms with E-state index in [1.54, 1.807) is 13.1 Å². The Balaban J connectivity index is 1.94. The average Bonchev–Trinajstić information content (AvgIpc) is 2.46. The predicted octanol–water partition coefficient (Wildman–Crippen LogP) is 2.81. The van der Waals surface area contributed by atoms with Crippen LogP contribution < -0.4 is 4.90 Å². The van der Waals surface area contributed by atoms with Crippen LogP contribution in [0.4, 0.5) is 5.82 Å². The van der Waals surface area contributed by atoms with Gasteiger partial charge in [0.15, 0.2) is 0 Å². The molecule has 0 unspecified atom stereocenters. The molecule has 0 saturated carbocycles. The summed E-state index contributed by atoms with van der Waals surface area (Å²) in [5.74, 6) is 0.931. The second kappa shape index (κ2) is 6.34. The number of nitrogens with zero attached hydrogens (tertiary/aromatic N) is 2. The van der Waals surface area contributed by atoms with Gasteiger partial charge in [0.2, 0.25) is 0 Å². The van der Waals surface area contributed by atoms with Crippen molar-refractivity contribution < 1.29 is 5.11 Å². The fraction of sp³-hybridized carbons (Fsp3) is 0.312. The van der Waals surface area contributed by atoms with Crippen molar-refractivity contribution in [3.63, 3.8) is 0 Å². The summed E-state index contributed by atoms with van der Waals surface area (Å²) in [6.07, 6.45) is 2.27. The molecule has 0 bridgehead atoms. The van der Waals surface area contributed by atoms with E-state index in [9.17, 15) is 5.11 Å². The highest BCUT2D eigenvalue weighted by Crippen LogP contribution is 2.15. The molecule has 1 aromatic carbocycles. The maximum atomic E-state index is 9.45. The third kappa shape index (κ3) is 3.80. The number of likely N-dealkylation sites (N-methyl/N-ethyl adjacent to an activating group) is 1. The zero-order valence-electron chi connectivity index (χ0n) is 11.5. The molecule has 1 aromatic heterocycles. The molecule has 2 aromatic rings. The monoisotopic (exact) mass is 256 g/mol. The number of rotatable bonds is 5. The number of aliphatic hydroxyl groups excluding tert-OH is 1. The van der Waals surface area contributed by atoms with Crippen LogP contribution in [0, 0.1) is 0 Å². The van der Waals surface area contributed by atoms with Gasteiger partial charge in [0.25, 0.3) is 0 Å². The molecule has 0 aliphatic carbocycles. The number of benzene rings is 1. The summed E-state index contributed by atoms with van der Waals surface area (Å²) in [5.41, 5.74) is 2.18. The number of aromatic nitrogens is 1. The van der Waals surface area contributed by atoms with Crippen molar-refractivity contribution in [1.29, 1.82) is 0 Å². The average molecular weight is 256 g/mol. The maximum absolute atomic E-state index is 9.45. The fourth-order valence-corrected chi connectivity index (χ4v) is 1.93. The van der Waals surface area contributed by atoms with Crippen LogP contribution in [0.1, 0.15) is 24.2 Å². The lowest BCUT2D eigenvalue weighted by Gasteiger charge is -2.18. The van der Waals surface area contributed by atoms with Crippen molar-refractivity contribution in [1.82, 2.24) is 4.98 Å². The minimum Gasteiger partial charge on any atom is -0.389 e. The molecule has 1 atom stereocenters. The molecule has 3 heteroatoms. The molecule has 0 spiro atoms. The third-order valence-corrected chi connectivity index (χ3v) is 3.22.